The zero-order chi connectivity index (χ0) is 32.5. The molecule has 1 aromatic heterocycles. The summed E-state index contributed by atoms with van der Waals surface area (Å²) in [5, 5.41) is 17.6. The lowest BCUT2D eigenvalue weighted by molar-refractivity contribution is -0.142. The first-order valence-electron chi connectivity index (χ1n) is 14.0. The molecule has 0 aliphatic carbocycles. The molecule has 0 fully saturated rings. The van der Waals surface area contributed by atoms with E-state index in [-0.39, 0.29) is 50.7 Å². The predicted molar refractivity (Wildman–Crippen MR) is 164 cm³/mol. The van der Waals surface area contributed by atoms with Gasteiger partial charge in [-0.1, -0.05) is 30.3 Å². The molecule has 240 valence electrons. The molecular formula is C27H42N12O5. The Morgan fingerprint density at radius 2 is 1.36 bits per heavy atom. The summed E-state index contributed by atoms with van der Waals surface area (Å²) in [5.74, 6) is -3.47. The number of aromatic nitrogens is 2. The van der Waals surface area contributed by atoms with E-state index < -0.39 is 47.9 Å². The van der Waals surface area contributed by atoms with Crippen molar-refractivity contribution >= 4 is 35.6 Å². The minimum atomic E-state index is -1.27. The first-order valence-corrected chi connectivity index (χ1v) is 14.0. The second kappa shape index (κ2) is 18.4. The van der Waals surface area contributed by atoms with Gasteiger partial charge in [0.15, 0.2) is 11.9 Å². The predicted octanol–water partition coefficient (Wildman–Crippen LogP) is -2.83. The number of aliphatic carboxylic acids is 1. The molecule has 4 atom stereocenters. The van der Waals surface area contributed by atoms with Crippen molar-refractivity contribution < 1.29 is 24.3 Å². The highest BCUT2D eigenvalue weighted by Gasteiger charge is 2.31. The van der Waals surface area contributed by atoms with Gasteiger partial charge < -0.3 is 54.7 Å². The van der Waals surface area contributed by atoms with Crippen LogP contribution in [0.15, 0.2) is 52.8 Å². The molecule has 0 saturated carbocycles. The van der Waals surface area contributed by atoms with Crippen molar-refractivity contribution in [1.82, 2.24) is 25.9 Å². The van der Waals surface area contributed by atoms with E-state index in [2.05, 4.69) is 35.9 Å². The number of rotatable bonds is 19. The van der Waals surface area contributed by atoms with E-state index in [4.69, 9.17) is 28.7 Å². The Balaban J connectivity index is 2.19. The third kappa shape index (κ3) is 13.2. The highest BCUT2D eigenvalue weighted by atomic mass is 16.4. The van der Waals surface area contributed by atoms with Crippen LogP contribution < -0.4 is 44.6 Å². The molecule has 0 radical (unpaired) electrons. The number of aliphatic imine (C=N–C) groups is 2. The molecule has 1 aromatic carbocycles. The Morgan fingerprint density at radius 1 is 0.795 bits per heavy atom. The molecule has 0 saturated heterocycles. The monoisotopic (exact) mass is 614 g/mol. The Labute approximate surface area is 254 Å². The van der Waals surface area contributed by atoms with Gasteiger partial charge in [-0.3, -0.25) is 24.4 Å². The van der Waals surface area contributed by atoms with Crippen molar-refractivity contribution in [1.29, 1.82) is 0 Å². The third-order valence-corrected chi connectivity index (χ3v) is 6.39. The van der Waals surface area contributed by atoms with Crippen molar-refractivity contribution in [2.75, 3.05) is 13.1 Å². The lowest BCUT2D eigenvalue weighted by atomic mass is 10.0. The van der Waals surface area contributed by atoms with Gasteiger partial charge in [0.25, 0.3) is 0 Å². The average Bonchev–Trinajstić information content (AvgIpc) is 3.49. The molecule has 17 nitrogen and oxygen atoms in total. The van der Waals surface area contributed by atoms with Crippen LogP contribution in [-0.2, 0) is 32.0 Å². The van der Waals surface area contributed by atoms with Gasteiger partial charge in [0.2, 0.25) is 17.7 Å². The fourth-order valence-electron chi connectivity index (χ4n) is 4.12. The molecule has 1 heterocycles. The summed E-state index contributed by atoms with van der Waals surface area (Å²) >= 11 is 0. The number of benzene rings is 1. The Hall–Kier alpha value is -5.19. The van der Waals surface area contributed by atoms with E-state index in [0.717, 1.165) is 0 Å². The number of guanidine groups is 2. The van der Waals surface area contributed by atoms with Crippen LogP contribution >= 0.6 is 0 Å². The van der Waals surface area contributed by atoms with Crippen LogP contribution in [0.4, 0.5) is 0 Å². The van der Waals surface area contributed by atoms with Crippen LogP contribution in [-0.4, -0.2) is 87.9 Å². The molecule has 0 spiro atoms. The lowest BCUT2D eigenvalue weighted by Gasteiger charge is -2.25. The van der Waals surface area contributed by atoms with Gasteiger partial charge >= 0.3 is 5.97 Å². The quantitative estimate of drug-likeness (QED) is 0.0436. The highest BCUT2D eigenvalue weighted by molar-refractivity contribution is 5.94. The zero-order valence-corrected chi connectivity index (χ0v) is 24.3. The first-order chi connectivity index (χ1) is 21.0. The summed E-state index contributed by atoms with van der Waals surface area (Å²) in [7, 11) is 0. The van der Waals surface area contributed by atoms with Gasteiger partial charge in [-0.25, -0.2) is 9.78 Å². The Kier molecular flexibility index (Phi) is 14.6. The number of nitrogens with zero attached hydrogens (tertiary/aromatic N) is 3. The van der Waals surface area contributed by atoms with Gasteiger partial charge in [-0.15, -0.1) is 0 Å². The summed E-state index contributed by atoms with van der Waals surface area (Å²) in [6.45, 7) is 0.460. The number of carbonyl (C=O) groups excluding carboxylic acids is 3. The summed E-state index contributed by atoms with van der Waals surface area (Å²) in [5.41, 5.74) is 28.6. The number of carboxylic acid groups (broad SMARTS) is 1. The van der Waals surface area contributed by atoms with Crippen LogP contribution in [0.1, 0.15) is 36.9 Å². The normalized spacial score (nSPS) is 13.4. The summed E-state index contributed by atoms with van der Waals surface area (Å²) in [6.07, 6.45) is 3.96. The number of imidazole rings is 1. The Morgan fingerprint density at radius 3 is 1.93 bits per heavy atom. The molecule has 3 amide bonds. The average molecular weight is 615 g/mol. The molecule has 2 rings (SSSR count). The number of nitrogens with two attached hydrogens (primary N) is 5. The molecule has 0 bridgehead atoms. The summed E-state index contributed by atoms with van der Waals surface area (Å²) in [4.78, 5) is 66.3. The van der Waals surface area contributed by atoms with E-state index in [1.165, 1.54) is 12.5 Å². The van der Waals surface area contributed by atoms with Crippen molar-refractivity contribution in [2.24, 2.45) is 38.7 Å². The fraction of sp³-hybridized carbons (Fsp3) is 0.444. The van der Waals surface area contributed by atoms with Gasteiger partial charge in [0.05, 0.1) is 12.4 Å². The zero-order valence-electron chi connectivity index (χ0n) is 24.3. The molecule has 17 heteroatoms. The third-order valence-electron chi connectivity index (χ3n) is 6.39. The van der Waals surface area contributed by atoms with Gasteiger partial charge in [0.1, 0.15) is 18.1 Å². The molecular weight excluding hydrogens is 572 g/mol. The van der Waals surface area contributed by atoms with Crippen LogP contribution in [0.25, 0.3) is 0 Å². The maximum atomic E-state index is 13.5. The van der Waals surface area contributed by atoms with E-state index in [9.17, 15) is 24.3 Å². The fourth-order valence-corrected chi connectivity index (χ4v) is 4.12. The largest absolute Gasteiger partial charge is 0.480 e. The van der Waals surface area contributed by atoms with Crippen molar-refractivity contribution in [3.8, 4) is 0 Å². The second-order valence-electron chi connectivity index (χ2n) is 10.00. The van der Waals surface area contributed by atoms with E-state index >= 15 is 0 Å². The number of amides is 3. The highest BCUT2D eigenvalue weighted by Crippen LogP contribution is 2.07. The van der Waals surface area contributed by atoms with Crippen LogP contribution in [0.5, 0.6) is 0 Å². The van der Waals surface area contributed by atoms with Gasteiger partial charge in [-0.2, -0.15) is 0 Å². The maximum absolute atomic E-state index is 13.5. The smallest absolute Gasteiger partial charge is 0.326 e. The standard InChI is InChI=1S/C27H42N12O5/c28-18(8-4-10-34-26(29)30)22(40)37-19(9-5-11-35-27(31)32)23(41)38-20(13-17-14-33-15-36-17)24(42)39-21(25(43)44)12-16-6-2-1-3-7-16/h1-3,6-7,14-15,18-21H,4-5,8-13,28H2,(H,33,36)(H,37,40)(H,38,41)(H,39,42)(H,43,44)(H4,29,30,34)(H4,31,32,35). The molecule has 2 aromatic rings. The lowest BCUT2D eigenvalue weighted by Crippen LogP contribution is -2.57. The first kappa shape index (κ1) is 35.0. The molecule has 15 N–H and O–H groups in total. The van der Waals surface area contributed by atoms with Crippen LogP contribution in [0.3, 0.4) is 0 Å². The molecule has 0 aliphatic heterocycles. The van der Waals surface area contributed by atoms with Crippen molar-refractivity contribution in [3.63, 3.8) is 0 Å². The molecule has 4 unspecified atom stereocenters. The number of nitrogens with one attached hydrogen (secondary N) is 4. The number of aromatic amines is 1. The van der Waals surface area contributed by atoms with E-state index in [1.807, 2.05) is 0 Å². The number of H-pyrrole nitrogens is 1. The SMILES string of the molecule is NC(N)=NCCCC(N)C(=O)NC(CCCN=C(N)N)C(=O)NC(Cc1cnc[nH]1)C(=O)NC(Cc1ccccc1)C(=O)O. The number of carbonyl (C=O) groups is 4. The Bertz CT molecular complexity index is 1260. The maximum Gasteiger partial charge on any atom is 0.326 e. The van der Waals surface area contributed by atoms with E-state index in [0.29, 0.717) is 24.1 Å². The van der Waals surface area contributed by atoms with Gasteiger partial charge in [-0.05, 0) is 31.2 Å². The van der Waals surface area contributed by atoms with Crippen molar-refractivity contribution in [3.05, 3.63) is 54.1 Å². The minimum Gasteiger partial charge on any atom is -0.480 e. The minimum absolute atomic E-state index is 0.0250. The molecule has 0 aliphatic rings. The number of hydrogen-bond acceptors (Lipinski definition) is 8. The number of carboxylic acids is 1. The van der Waals surface area contributed by atoms with Crippen molar-refractivity contribution in [2.45, 2.75) is 62.7 Å². The second-order valence-corrected chi connectivity index (χ2v) is 10.00. The summed E-state index contributed by atoms with van der Waals surface area (Å²) < 4.78 is 0. The topological polar surface area (TPSA) is 308 Å². The summed E-state index contributed by atoms with van der Waals surface area (Å²) in [6, 6.07) is 4.24. The number of hydrogen-bond donors (Lipinski definition) is 10. The van der Waals surface area contributed by atoms with Gasteiger partial charge in [0, 0.05) is 37.8 Å². The van der Waals surface area contributed by atoms with Crippen LogP contribution in [0, 0.1) is 0 Å². The van der Waals surface area contributed by atoms with Crippen LogP contribution in [0.2, 0.25) is 0 Å². The molecule has 44 heavy (non-hydrogen) atoms. The van der Waals surface area contributed by atoms with E-state index in [1.54, 1.807) is 30.3 Å².